The van der Waals surface area contributed by atoms with E-state index in [-0.39, 0.29) is 5.82 Å². The standard InChI is InChI=1S/C15H13Br2FO/c1-15(19,11-2-4-12(16)5-3-11)9-10-6-13(17)8-14(18)7-10/h2-8,19H,9H2,1H3. The van der Waals surface area contributed by atoms with Gasteiger partial charge < -0.3 is 5.11 Å². The van der Waals surface area contributed by atoms with Crippen molar-refractivity contribution in [2.75, 3.05) is 0 Å². The second-order valence-electron chi connectivity index (χ2n) is 4.74. The first-order chi connectivity index (χ1) is 8.87. The molecule has 0 saturated heterocycles. The quantitative estimate of drug-likeness (QED) is 0.801. The summed E-state index contributed by atoms with van der Waals surface area (Å²) in [6.07, 6.45) is 0.352. The second-order valence-corrected chi connectivity index (χ2v) is 6.57. The Morgan fingerprint density at radius 3 is 2.26 bits per heavy atom. The summed E-state index contributed by atoms with van der Waals surface area (Å²) in [5, 5.41) is 10.6. The molecule has 0 aliphatic rings. The summed E-state index contributed by atoms with van der Waals surface area (Å²) in [6.45, 7) is 1.73. The lowest BCUT2D eigenvalue weighted by atomic mass is 9.89. The van der Waals surface area contributed by atoms with Crippen molar-refractivity contribution in [3.05, 3.63) is 68.4 Å². The zero-order valence-corrected chi connectivity index (χ0v) is 13.5. The van der Waals surface area contributed by atoms with Crippen LogP contribution in [-0.4, -0.2) is 5.11 Å². The molecule has 0 aromatic heterocycles. The maximum absolute atomic E-state index is 13.3. The van der Waals surface area contributed by atoms with Crippen molar-refractivity contribution in [2.24, 2.45) is 0 Å². The largest absolute Gasteiger partial charge is 0.385 e. The Bertz CT molecular complexity index is 559. The molecule has 19 heavy (non-hydrogen) atoms. The predicted molar refractivity (Wildman–Crippen MR) is 81.5 cm³/mol. The molecular formula is C15H13Br2FO. The predicted octanol–water partition coefficient (Wildman–Crippen LogP) is 4.80. The van der Waals surface area contributed by atoms with Crippen LogP contribution in [-0.2, 0) is 12.0 Å². The average molecular weight is 388 g/mol. The van der Waals surface area contributed by atoms with E-state index in [9.17, 15) is 9.50 Å². The van der Waals surface area contributed by atoms with Gasteiger partial charge in [-0.05, 0) is 48.4 Å². The summed E-state index contributed by atoms with van der Waals surface area (Å²) in [5.41, 5.74) is 0.518. The molecule has 100 valence electrons. The number of halogens is 3. The van der Waals surface area contributed by atoms with E-state index < -0.39 is 5.60 Å². The molecule has 1 nitrogen and oxygen atoms in total. The Morgan fingerprint density at radius 1 is 1.05 bits per heavy atom. The van der Waals surface area contributed by atoms with E-state index in [0.29, 0.717) is 10.9 Å². The molecule has 4 heteroatoms. The fourth-order valence-electron chi connectivity index (χ4n) is 2.02. The van der Waals surface area contributed by atoms with Gasteiger partial charge >= 0.3 is 0 Å². The SMILES string of the molecule is CC(O)(Cc1cc(F)cc(Br)c1)c1ccc(Br)cc1. The summed E-state index contributed by atoms with van der Waals surface area (Å²) in [4.78, 5) is 0. The smallest absolute Gasteiger partial charge is 0.124 e. The zero-order chi connectivity index (χ0) is 14.0. The van der Waals surface area contributed by atoms with Crippen LogP contribution < -0.4 is 0 Å². The summed E-state index contributed by atoms with van der Waals surface area (Å²) in [7, 11) is 0. The first-order valence-corrected chi connectivity index (χ1v) is 7.39. The number of rotatable bonds is 3. The molecule has 2 rings (SSSR count). The topological polar surface area (TPSA) is 20.2 Å². The van der Waals surface area contributed by atoms with Gasteiger partial charge in [0.2, 0.25) is 0 Å². The number of hydrogen-bond acceptors (Lipinski definition) is 1. The molecule has 0 saturated carbocycles. The van der Waals surface area contributed by atoms with Gasteiger partial charge in [-0.15, -0.1) is 0 Å². The van der Waals surface area contributed by atoms with Gasteiger partial charge in [0.1, 0.15) is 5.82 Å². The third kappa shape index (κ3) is 3.88. The van der Waals surface area contributed by atoms with Crippen molar-refractivity contribution in [3.63, 3.8) is 0 Å². The van der Waals surface area contributed by atoms with Crippen molar-refractivity contribution in [1.82, 2.24) is 0 Å². The zero-order valence-electron chi connectivity index (χ0n) is 10.3. The van der Waals surface area contributed by atoms with Gasteiger partial charge in [-0.3, -0.25) is 0 Å². The number of hydrogen-bond donors (Lipinski definition) is 1. The Labute approximate surface area is 128 Å². The molecule has 1 atom stereocenters. The van der Waals surface area contributed by atoms with E-state index in [4.69, 9.17) is 0 Å². The average Bonchev–Trinajstić information content (AvgIpc) is 2.27. The molecule has 0 amide bonds. The minimum Gasteiger partial charge on any atom is -0.385 e. The molecule has 0 radical (unpaired) electrons. The van der Waals surface area contributed by atoms with E-state index in [2.05, 4.69) is 31.9 Å². The fourth-order valence-corrected chi connectivity index (χ4v) is 2.80. The highest BCUT2D eigenvalue weighted by atomic mass is 79.9. The van der Waals surface area contributed by atoms with E-state index in [1.54, 1.807) is 6.92 Å². The van der Waals surface area contributed by atoms with Crippen LogP contribution in [0.25, 0.3) is 0 Å². The highest BCUT2D eigenvalue weighted by Crippen LogP contribution is 2.28. The van der Waals surface area contributed by atoms with Gasteiger partial charge in [-0.1, -0.05) is 44.0 Å². The number of aliphatic hydroxyl groups is 1. The summed E-state index contributed by atoms with van der Waals surface area (Å²) in [6, 6.07) is 12.1. The van der Waals surface area contributed by atoms with Gasteiger partial charge in [0.25, 0.3) is 0 Å². The highest BCUT2D eigenvalue weighted by molar-refractivity contribution is 9.10. The fraction of sp³-hybridized carbons (Fsp3) is 0.200. The lowest BCUT2D eigenvalue weighted by Crippen LogP contribution is -2.24. The molecule has 0 heterocycles. The van der Waals surface area contributed by atoms with Crippen molar-refractivity contribution < 1.29 is 9.50 Å². The van der Waals surface area contributed by atoms with Crippen LogP contribution in [0.3, 0.4) is 0 Å². The lowest BCUT2D eigenvalue weighted by Gasteiger charge is -2.24. The monoisotopic (exact) mass is 386 g/mol. The normalized spacial score (nSPS) is 14.2. The molecule has 1 unspecified atom stereocenters. The highest BCUT2D eigenvalue weighted by Gasteiger charge is 2.23. The Balaban J connectivity index is 2.27. The molecular weight excluding hydrogens is 375 g/mol. The van der Waals surface area contributed by atoms with Gasteiger partial charge in [-0.25, -0.2) is 4.39 Å². The van der Waals surface area contributed by atoms with E-state index in [1.807, 2.05) is 30.3 Å². The van der Waals surface area contributed by atoms with Gasteiger partial charge in [0, 0.05) is 15.4 Å². The van der Waals surface area contributed by atoms with Gasteiger partial charge in [0.15, 0.2) is 0 Å². The molecule has 0 bridgehead atoms. The maximum atomic E-state index is 13.3. The second kappa shape index (κ2) is 5.73. The van der Waals surface area contributed by atoms with Gasteiger partial charge in [0.05, 0.1) is 5.60 Å². The van der Waals surface area contributed by atoms with Crippen LogP contribution in [0.15, 0.2) is 51.4 Å². The minimum absolute atomic E-state index is 0.309. The maximum Gasteiger partial charge on any atom is 0.124 e. The van der Waals surface area contributed by atoms with E-state index in [1.165, 1.54) is 12.1 Å². The van der Waals surface area contributed by atoms with Crippen LogP contribution in [0.2, 0.25) is 0 Å². The van der Waals surface area contributed by atoms with Crippen LogP contribution in [0, 0.1) is 5.82 Å². The van der Waals surface area contributed by atoms with Crippen molar-refractivity contribution in [1.29, 1.82) is 0 Å². The third-order valence-electron chi connectivity index (χ3n) is 2.94. The van der Waals surface area contributed by atoms with Crippen LogP contribution in [0.4, 0.5) is 4.39 Å². The molecule has 1 N–H and O–H groups in total. The Hall–Kier alpha value is -0.710. The van der Waals surface area contributed by atoms with Crippen LogP contribution >= 0.6 is 31.9 Å². The van der Waals surface area contributed by atoms with Gasteiger partial charge in [-0.2, -0.15) is 0 Å². The van der Waals surface area contributed by atoms with Crippen molar-refractivity contribution in [2.45, 2.75) is 18.9 Å². The molecule has 0 spiro atoms. The number of benzene rings is 2. The summed E-state index contributed by atoms with van der Waals surface area (Å²) in [5.74, 6) is -0.309. The van der Waals surface area contributed by atoms with E-state index >= 15 is 0 Å². The van der Waals surface area contributed by atoms with Crippen LogP contribution in [0.1, 0.15) is 18.1 Å². The third-order valence-corrected chi connectivity index (χ3v) is 3.92. The first kappa shape index (κ1) is 14.7. The van der Waals surface area contributed by atoms with Crippen molar-refractivity contribution >= 4 is 31.9 Å². The molecule has 0 fully saturated rings. The van der Waals surface area contributed by atoms with E-state index in [0.717, 1.165) is 15.6 Å². The Morgan fingerprint density at radius 2 is 1.68 bits per heavy atom. The molecule has 0 aliphatic heterocycles. The summed E-state index contributed by atoms with van der Waals surface area (Å²) >= 11 is 6.62. The summed E-state index contributed by atoms with van der Waals surface area (Å²) < 4.78 is 15.0. The molecule has 0 aliphatic carbocycles. The minimum atomic E-state index is -1.03. The molecule has 2 aromatic carbocycles. The van der Waals surface area contributed by atoms with Crippen molar-refractivity contribution in [3.8, 4) is 0 Å². The Kier molecular flexibility index (Phi) is 4.43. The molecule has 2 aromatic rings. The van der Waals surface area contributed by atoms with Crippen LogP contribution in [0.5, 0.6) is 0 Å². The lowest BCUT2D eigenvalue weighted by molar-refractivity contribution is 0.0575. The first-order valence-electron chi connectivity index (χ1n) is 5.80.